The van der Waals surface area contributed by atoms with Gasteiger partial charge in [0.05, 0.1) is 0 Å². The van der Waals surface area contributed by atoms with Gasteiger partial charge in [-0.3, -0.25) is 9.48 Å². The monoisotopic (exact) mass is 280 g/mol. The first-order valence-electron chi connectivity index (χ1n) is 5.26. The van der Waals surface area contributed by atoms with Crippen molar-refractivity contribution in [1.29, 1.82) is 0 Å². The second kappa shape index (κ2) is 7.53. The number of nitrogens with two attached hydrogens (primary N) is 1. The SMILES string of the molecule is Cl.Cl.N[C@@H]1CCCN(C(=O)Cn2cccn2)C1. The predicted octanol–water partition coefficient (Wildman–Crippen LogP) is 0.676. The van der Waals surface area contributed by atoms with Crippen molar-refractivity contribution in [1.82, 2.24) is 14.7 Å². The lowest BCUT2D eigenvalue weighted by atomic mass is 10.1. The van der Waals surface area contributed by atoms with Crippen LogP contribution in [0, 0.1) is 0 Å². The fourth-order valence-corrected chi connectivity index (χ4v) is 1.87. The topological polar surface area (TPSA) is 64.2 Å². The molecule has 1 aromatic rings. The Morgan fingerprint density at radius 1 is 1.47 bits per heavy atom. The van der Waals surface area contributed by atoms with Crippen LogP contribution in [0.2, 0.25) is 0 Å². The number of hydrogen-bond acceptors (Lipinski definition) is 3. The van der Waals surface area contributed by atoms with E-state index < -0.39 is 0 Å². The largest absolute Gasteiger partial charge is 0.340 e. The van der Waals surface area contributed by atoms with Crippen molar-refractivity contribution < 1.29 is 4.79 Å². The molecule has 0 unspecified atom stereocenters. The number of rotatable bonds is 2. The van der Waals surface area contributed by atoms with Crippen LogP contribution in [0.3, 0.4) is 0 Å². The maximum Gasteiger partial charge on any atom is 0.244 e. The number of carbonyl (C=O) groups is 1. The molecule has 0 bridgehead atoms. The second-order valence-electron chi connectivity index (χ2n) is 3.95. The van der Waals surface area contributed by atoms with Crippen molar-refractivity contribution in [2.75, 3.05) is 13.1 Å². The first-order valence-corrected chi connectivity index (χ1v) is 5.26. The molecule has 2 rings (SSSR count). The number of amides is 1. The van der Waals surface area contributed by atoms with E-state index in [1.165, 1.54) is 0 Å². The van der Waals surface area contributed by atoms with Crippen molar-refractivity contribution in [2.24, 2.45) is 5.73 Å². The number of carbonyl (C=O) groups excluding carboxylic acids is 1. The maximum atomic E-state index is 11.8. The van der Waals surface area contributed by atoms with Gasteiger partial charge in [0.2, 0.25) is 5.91 Å². The van der Waals surface area contributed by atoms with Crippen molar-refractivity contribution in [2.45, 2.75) is 25.4 Å². The van der Waals surface area contributed by atoms with E-state index in [2.05, 4.69) is 5.10 Å². The average molecular weight is 281 g/mol. The first-order chi connectivity index (χ1) is 7.25. The third-order valence-electron chi connectivity index (χ3n) is 2.67. The zero-order valence-electron chi connectivity index (χ0n) is 9.49. The molecule has 98 valence electrons. The molecule has 1 aromatic heterocycles. The summed E-state index contributed by atoms with van der Waals surface area (Å²) < 4.78 is 1.64. The summed E-state index contributed by atoms with van der Waals surface area (Å²) in [6.45, 7) is 1.83. The minimum atomic E-state index is 0. The fourth-order valence-electron chi connectivity index (χ4n) is 1.87. The average Bonchev–Trinajstić information content (AvgIpc) is 2.70. The molecule has 1 fully saturated rings. The molecule has 7 heteroatoms. The Morgan fingerprint density at radius 3 is 2.82 bits per heavy atom. The highest BCUT2D eigenvalue weighted by atomic mass is 35.5. The molecule has 0 aliphatic carbocycles. The van der Waals surface area contributed by atoms with Crippen molar-refractivity contribution >= 4 is 30.7 Å². The Balaban J connectivity index is 0.00000128. The van der Waals surface area contributed by atoms with Crippen LogP contribution in [-0.2, 0) is 11.3 Å². The van der Waals surface area contributed by atoms with E-state index in [0.29, 0.717) is 13.1 Å². The molecule has 2 N–H and O–H groups in total. The quantitative estimate of drug-likeness (QED) is 0.867. The van der Waals surface area contributed by atoms with Crippen molar-refractivity contribution in [3.8, 4) is 0 Å². The zero-order chi connectivity index (χ0) is 10.7. The fraction of sp³-hybridized carbons (Fsp3) is 0.600. The summed E-state index contributed by atoms with van der Waals surface area (Å²) >= 11 is 0. The molecule has 2 heterocycles. The smallest absolute Gasteiger partial charge is 0.244 e. The number of likely N-dealkylation sites (tertiary alicyclic amines) is 1. The highest BCUT2D eigenvalue weighted by Crippen LogP contribution is 2.08. The molecule has 0 spiro atoms. The molecule has 1 aliphatic heterocycles. The molecule has 5 nitrogen and oxygen atoms in total. The Hall–Kier alpha value is -0.780. The van der Waals surface area contributed by atoms with Gasteiger partial charge in [0.1, 0.15) is 6.54 Å². The van der Waals surface area contributed by atoms with Crippen LogP contribution in [0.5, 0.6) is 0 Å². The summed E-state index contributed by atoms with van der Waals surface area (Å²) in [6, 6.07) is 1.95. The van der Waals surface area contributed by atoms with Gasteiger partial charge in [0.25, 0.3) is 0 Å². The summed E-state index contributed by atoms with van der Waals surface area (Å²) in [5.41, 5.74) is 5.82. The van der Waals surface area contributed by atoms with Crippen LogP contribution >= 0.6 is 24.8 Å². The van der Waals surface area contributed by atoms with Crippen LogP contribution in [0.4, 0.5) is 0 Å². The number of aromatic nitrogens is 2. The van der Waals surface area contributed by atoms with E-state index in [1.54, 1.807) is 17.1 Å². The molecule has 1 amide bonds. The van der Waals surface area contributed by atoms with Gasteiger partial charge in [-0.05, 0) is 18.9 Å². The summed E-state index contributed by atoms with van der Waals surface area (Å²) in [4.78, 5) is 13.6. The highest BCUT2D eigenvalue weighted by Gasteiger charge is 2.21. The molecular formula is C10H18Cl2N4O. The second-order valence-corrected chi connectivity index (χ2v) is 3.95. The molecule has 0 saturated carbocycles. The molecule has 17 heavy (non-hydrogen) atoms. The van der Waals surface area contributed by atoms with Gasteiger partial charge in [0, 0.05) is 31.5 Å². The summed E-state index contributed by atoms with van der Waals surface area (Å²) in [5.74, 6) is 0.105. The van der Waals surface area contributed by atoms with Gasteiger partial charge in [-0.1, -0.05) is 0 Å². The lowest BCUT2D eigenvalue weighted by Gasteiger charge is -2.30. The van der Waals surface area contributed by atoms with Crippen molar-refractivity contribution in [3.05, 3.63) is 18.5 Å². The van der Waals surface area contributed by atoms with Crippen LogP contribution in [0.25, 0.3) is 0 Å². The van der Waals surface area contributed by atoms with Gasteiger partial charge in [-0.2, -0.15) is 5.10 Å². The Morgan fingerprint density at radius 2 is 2.24 bits per heavy atom. The van der Waals surface area contributed by atoms with Crippen LogP contribution in [0.1, 0.15) is 12.8 Å². The Labute approximate surface area is 113 Å². The predicted molar refractivity (Wildman–Crippen MR) is 70.5 cm³/mol. The molecule has 1 atom stereocenters. The van der Waals surface area contributed by atoms with E-state index in [4.69, 9.17) is 5.73 Å². The molecular weight excluding hydrogens is 263 g/mol. The molecule has 0 aromatic carbocycles. The number of nitrogens with zero attached hydrogens (tertiary/aromatic N) is 3. The number of piperidine rings is 1. The number of halogens is 2. The minimum absolute atomic E-state index is 0. The standard InChI is InChI=1S/C10H16N4O.2ClH/c11-9-3-1-5-13(7-9)10(15)8-14-6-2-4-12-14;;/h2,4,6,9H,1,3,5,7-8,11H2;2*1H/t9-;;/m1../s1. The van der Waals surface area contributed by atoms with Crippen LogP contribution < -0.4 is 5.73 Å². The lowest BCUT2D eigenvalue weighted by Crippen LogP contribution is -2.46. The van der Waals surface area contributed by atoms with Gasteiger partial charge < -0.3 is 10.6 Å². The van der Waals surface area contributed by atoms with Gasteiger partial charge in [-0.15, -0.1) is 24.8 Å². The summed E-state index contributed by atoms with van der Waals surface area (Å²) in [7, 11) is 0. The Kier molecular flexibility index (Phi) is 7.18. The lowest BCUT2D eigenvalue weighted by molar-refractivity contribution is -0.133. The minimum Gasteiger partial charge on any atom is -0.340 e. The van der Waals surface area contributed by atoms with Crippen LogP contribution in [-0.4, -0.2) is 39.7 Å². The third-order valence-corrected chi connectivity index (χ3v) is 2.67. The maximum absolute atomic E-state index is 11.8. The molecule has 1 aliphatic rings. The Bertz CT molecular complexity index is 331. The molecule has 1 saturated heterocycles. The van der Waals surface area contributed by atoms with Gasteiger partial charge in [-0.25, -0.2) is 0 Å². The summed E-state index contributed by atoms with van der Waals surface area (Å²) in [5, 5.41) is 4.01. The van der Waals surface area contributed by atoms with E-state index in [-0.39, 0.29) is 36.8 Å². The third kappa shape index (κ3) is 4.53. The normalized spacial score (nSPS) is 19.1. The molecule has 0 radical (unpaired) electrons. The van der Waals surface area contributed by atoms with E-state index in [0.717, 1.165) is 19.4 Å². The van der Waals surface area contributed by atoms with Gasteiger partial charge >= 0.3 is 0 Å². The highest BCUT2D eigenvalue weighted by molar-refractivity contribution is 5.85. The van der Waals surface area contributed by atoms with Crippen LogP contribution in [0.15, 0.2) is 18.5 Å². The van der Waals surface area contributed by atoms with E-state index in [1.807, 2.05) is 11.0 Å². The first kappa shape index (κ1) is 16.2. The van der Waals surface area contributed by atoms with E-state index in [9.17, 15) is 4.79 Å². The van der Waals surface area contributed by atoms with Gasteiger partial charge in [0.15, 0.2) is 0 Å². The number of hydrogen-bond donors (Lipinski definition) is 1. The zero-order valence-corrected chi connectivity index (χ0v) is 11.1. The van der Waals surface area contributed by atoms with Crippen molar-refractivity contribution in [3.63, 3.8) is 0 Å². The van der Waals surface area contributed by atoms with E-state index >= 15 is 0 Å². The summed E-state index contributed by atoms with van der Waals surface area (Å²) in [6.07, 6.45) is 5.49.